The predicted octanol–water partition coefficient (Wildman–Crippen LogP) is 2.91. The van der Waals surface area contributed by atoms with Gasteiger partial charge in [-0.25, -0.2) is 9.98 Å². The maximum absolute atomic E-state index is 5.21. The van der Waals surface area contributed by atoms with Crippen LogP contribution in [-0.2, 0) is 0 Å². The van der Waals surface area contributed by atoms with Crippen LogP contribution in [0.3, 0.4) is 0 Å². The van der Waals surface area contributed by atoms with Crippen LogP contribution in [0.15, 0.2) is 34.8 Å². The molecular weight excluding hydrogens is 236 g/mol. The quantitative estimate of drug-likeness (QED) is 0.781. The zero-order valence-electron chi connectivity index (χ0n) is 9.58. The molecule has 17 heavy (non-hydrogen) atoms. The number of thiazole rings is 1. The highest BCUT2D eigenvalue weighted by Crippen LogP contribution is 2.27. The van der Waals surface area contributed by atoms with Gasteiger partial charge in [-0.1, -0.05) is 0 Å². The maximum Gasteiger partial charge on any atom is 0.208 e. The molecule has 0 aliphatic rings. The molecule has 0 radical (unpaired) electrons. The molecule has 0 amide bonds. The van der Waals surface area contributed by atoms with Crippen LogP contribution in [-0.4, -0.2) is 25.4 Å². The fourth-order valence-electron chi connectivity index (χ4n) is 1.34. The molecule has 0 saturated heterocycles. The van der Waals surface area contributed by atoms with Gasteiger partial charge >= 0.3 is 0 Å². The molecule has 5 heteroatoms. The first-order valence-corrected chi connectivity index (χ1v) is 5.87. The Hall–Kier alpha value is -1.88. The molecule has 0 fully saturated rings. The summed E-state index contributed by atoms with van der Waals surface area (Å²) in [5.41, 5.74) is 0.942. The molecule has 0 spiro atoms. The second-order valence-electron chi connectivity index (χ2n) is 3.19. The van der Waals surface area contributed by atoms with Gasteiger partial charge in [-0.3, -0.25) is 0 Å². The SMILES string of the molecule is COc1ccc(/C=N\c2nccs2)cc1OC. The summed E-state index contributed by atoms with van der Waals surface area (Å²) in [6.45, 7) is 0. The Morgan fingerprint density at radius 1 is 1.24 bits per heavy atom. The minimum atomic E-state index is 0.690. The predicted molar refractivity (Wildman–Crippen MR) is 68.9 cm³/mol. The van der Waals surface area contributed by atoms with E-state index in [-0.39, 0.29) is 0 Å². The fourth-order valence-corrected chi connectivity index (χ4v) is 1.82. The van der Waals surface area contributed by atoms with Crippen LogP contribution in [0, 0.1) is 0 Å². The van der Waals surface area contributed by atoms with Crippen molar-refractivity contribution in [3.8, 4) is 11.5 Å². The van der Waals surface area contributed by atoms with Gasteiger partial charge in [0.05, 0.1) is 14.2 Å². The molecular formula is C12H12N2O2S. The van der Waals surface area contributed by atoms with Gasteiger partial charge in [0.1, 0.15) is 0 Å². The van der Waals surface area contributed by atoms with Crippen molar-refractivity contribution >= 4 is 22.7 Å². The highest BCUT2D eigenvalue weighted by atomic mass is 32.1. The lowest BCUT2D eigenvalue weighted by Gasteiger charge is -2.07. The van der Waals surface area contributed by atoms with Gasteiger partial charge in [0.25, 0.3) is 0 Å². The van der Waals surface area contributed by atoms with Gasteiger partial charge in [-0.05, 0) is 23.8 Å². The second-order valence-corrected chi connectivity index (χ2v) is 4.06. The lowest BCUT2D eigenvalue weighted by atomic mass is 10.2. The van der Waals surface area contributed by atoms with E-state index in [2.05, 4.69) is 9.98 Å². The number of aliphatic imine (C=N–C) groups is 1. The summed E-state index contributed by atoms with van der Waals surface area (Å²) in [5, 5.41) is 2.63. The standard InChI is InChI=1S/C12H12N2O2S/c1-15-10-4-3-9(7-11(10)16-2)8-14-12-13-5-6-17-12/h3-8H,1-2H3/b14-8-. The summed E-state index contributed by atoms with van der Waals surface area (Å²) in [7, 11) is 3.22. The Labute approximate surface area is 104 Å². The van der Waals surface area contributed by atoms with E-state index in [9.17, 15) is 0 Å². The summed E-state index contributed by atoms with van der Waals surface area (Å²) in [6, 6.07) is 5.64. The molecule has 2 aromatic rings. The van der Waals surface area contributed by atoms with E-state index in [4.69, 9.17) is 9.47 Å². The van der Waals surface area contributed by atoms with Gasteiger partial charge < -0.3 is 9.47 Å². The number of hydrogen-bond acceptors (Lipinski definition) is 5. The van der Waals surface area contributed by atoms with Gasteiger partial charge in [0.2, 0.25) is 5.13 Å². The second kappa shape index (κ2) is 5.45. The zero-order chi connectivity index (χ0) is 12.1. The monoisotopic (exact) mass is 248 g/mol. The average molecular weight is 248 g/mol. The van der Waals surface area contributed by atoms with Crippen LogP contribution in [0.1, 0.15) is 5.56 Å². The van der Waals surface area contributed by atoms with Crippen molar-refractivity contribution in [2.45, 2.75) is 0 Å². The van der Waals surface area contributed by atoms with Gasteiger partial charge in [-0.15, -0.1) is 11.3 Å². The highest BCUT2D eigenvalue weighted by molar-refractivity contribution is 7.13. The van der Waals surface area contributed by atoms with E-state index in [1.54, 1.807) is 26.6 Å². The molecule has 0 bridgehead atoms. The van der Waals surface area contributed by atoms with Crippen molar-refractivity contribution in [1.82, 2.24) is 4.98 Å². The number of nitrogens with zero attached hydrogens (tertiary/aromatic N) is 2. The Morgan fingerprint density at radius 2 is 2.06 bits per heavy atom. The number of aromatic nitrogens is 1. The Morgan fingerprint density at radius 3 is 2.71 bits per heavy atom. The normalized spacial score (nSPS) is 10.7. The van der Waals surface area contributed by atoms with Crippen molar-refractivity contribution in [2.75, 3.05) is 14.2 Å². The van der Waals surface area contributed by atoms with Gasteiger partial charge in [-0.2, -0.15) is 0 Å². The molecule has 2 rings (SSSR count). The molecule has 0 atom stereocenters. The average Bonchev–Trinajstić information content (AvgIpc) is 2.89. The Kier molecular flexibility index (Phi) is 3.72. The van der Waals surface area contributed by atoms with E-state index in [0.717, 1.165) is 10.7 Å². The summed E-state index contributed by atoms with van der Waals surface area (Å²) < 4.78 is 10.4. The van der Waals surface area contributed by atoms with Crippen LogP contribution in [0.5, 0.6) is 11.5 Å². The van der Waals surface area contributed by atoms with Crippen molar-refractivity contribution in [1.29, 1.82) is 0 Å². The third-order valence-electron chi connectivity index (χ3n) is 2.15. The largest absolute Gasteiger partial charge is 0.493 e. The van der Waals surface area contributed by atoms with Crippen molar-refractivity contribution in [3.05, 3.63) is 35.3 Å². The van der Waals surface area contributed by atoms with E-state index in [0.29, 0.717) is 11.5 Å². The van der Waals surface area contributed by atoms with Crippen molar-refractivity contribution in [3.63, 3.8) is 0 Å². The smallest absolute Gasteiger partial charge is 0.208 e. The van der Waals surface area contributed by atoms with E-state index in [1.165, 1.54) is 11.3 Å². The topological polar surface area (TPSA) is 43.7 Å². The molecule has 0 aliphatic heterocycles. The van der Waals surface area contributed by atoms with Crippen molar-refractivity contribution < 1.29 is 9.47 Å². The van der Waals surface area contributed by atoms with Crippen molar-refractivity contribution in [2.24, 2.45) is 4.99 Å². The molecule has 1 heterocycles. The first-order chi connectivity index (χ1) is 8.33. The maximum atomic E-state index is 5.21. The molecule has 0 aliphatic carbocycles. The van der Waals surface area contributed by atoms with Crippen LogP contribution < -0.4 is 9.47 Å². The molecule has 1 aromatic carbocycles. The number of methoxy groups -OCH3 is 2. The van der Waals surface area contributed by atoms with E-state index in [1.807, 2.05) is 23.6 Å². The van der Waals surface area contributed by atoms with E-state index >= 15 is 0 Å². The van der Waals surface area contributed by atoms with Crippen LogP contribution in [0.25, 0.3) is 0 Å². The van der Waals surface area contributed by atoms with E-state index < -0.39 is 0 Å². The summed E-state index contributed by atoms with van der Waals surface area (Å²) in [5.74, 6) is 1.40. The number of ether oxygens (including phenoxy) is 2. The van der Waals surface area contributed by atoms with Crippen LogP contribution >= 0.6 is 11.3 Å². The molecule has 0 saturated carbocycles. The molecule has 0 unspecified atom stereocenters. The minimum Gasteiger partial charge on any atom is -0.493 e. The minimum absolute atomic E-state index is 0.690. The lowest BCUT2D eigenvalue weighted by Crippen LogP contribution is -1.91. The summed E-state index contributed by atoms with van der Waals surface area (Å²) in [6.07, 6.45) is 3.48. The summed E-state index contributed by atoms with van der Waals surface area (Å²) in [4.78, 5) is 8.33. The zero-order valence-corrected chi connectivity index (χ0v) is 10.4. The lowest BCUT2D eigenvalue weighted by molar-refractivity contribution is 0.355. The highest BCUT2D eigenvalue weighted by Gasteiger charge is 2.02. The first kappa shape index (κ1) is 11.6. The molecule has 88 valence electrons. The number of benzene rings is 1. The first-order valence-electron chi connectivity index (χ1n) is 4.99. The molecule has 1 aromatic heterocycles. The fraction of sp³-hybridized carbons (Fsp3) is 0.167. The van der Waals surface area contributed by atoms with Crippen LogP contribution in [0.4, 0.5) is 5.13 Å². The van der Waals surface area contributed by atoms with Gasteiger partial charge in [0.15, 0.2) is 11.5 Å². The third kappa shape index (κ3) is 2.82. The summed E-state index contributed by atoms with van der Waals surface area (Å²) >= 11 is 1.49. The number of hydrogen-bond donors (Lipinski definition) is 0. The number of rotatable bonds is 4. The Bertz CT molecular complexity index is 509. The Balaban J connectivity index is 2.22. The third-order valence-corrected chi connectivity index (χ3v) is 2.83. The molecule has 0 N–H and O–H groups in total. The molecule has 4 nitrogen and oxygen atoms in total. The van der Waals surface area contributed by atoms with Gasteiger partial charge in [0, 0.05) is 17.8 Å². The van der Waals surface area contributed by atoms with Crippen LogP contribution in [0.2, 0.25) is 0 Å².